The van der Waals surface area contributed by atoms with E-state index in [9.17, 15) is 0 Å². The van der Waals surface area contributed by atoms with Gasteiger partial charge in [-0.3, -0.25) is 0 Å². The minimum Gasteiger partial charge on any atom is -0.312 e. The van der Waals surface area contributed by atoms with Crippen molar-refractivity contribution in [3.63, 3.8) is 0 Å². The number of halogens is 1. The third-order valence-electron chi connectivity index (χ3n) is 1.62. The van der Waals surface area contributed by atoms with Crippen LogP contribution >= 0.6 is 22.9 Å². The van der Waals surface area contributed by atoms with Gasteiger partial charge in [0.05, 0.1) is 0 Å². The molecule has 0 aliphatic heterocycles. The molecule has 0 radical (unpaired) electrons. The van der Waals surface area contributed by atoms with E-state index in [-0.39, 0.29) is 0 Å². The van der Waals surface area contributed by atoms with Gasteiger partial charge in [0, 0.05) is 17.3 Å². The second kappa shape index (κ2) is 6.46. The van der Waals surface area contributed by atoms with Crippen molar-refractivity contribution in [1.29, 1.82) is 0 Å². The normalized spacial score (nSPS) is 10.4. The molecule has 12 heavy (non-hydrogen) atoms. The third kappa shape index (κ3) is 4.10. The van der Waals surface area contributed by atoms with E-state index in [0.717, 1.165) is 25.4 Å². The fraction of sp³-hybridized carbons (Fsp3) is 0.556. The zero-order chi connectivity index (χ0) is 8.65. The summed E-state index contributed by atoms with van der Waals surface area (Å²) in [7, 11) is 0. The fourth-order valence-corrected chi connectivity index (χ4v) is 1.83. The molecule has 3 heteroatoms. The third-order valence-corrected chi connectivity index (χ3v) is 2.76. The van der Waals surface area contributed by atoms with Crippen molar-refractivity contribution in [2.24, 2.45) is 0 Å². The summed E-state index contributed by atoms with van der Waals surface area (Å²) in [4.78, 5) is 1.40. The second-order valence-corrected chi connectivity index (χ2v) is 4.06. The van der Waals surface area contributed by atoms with Gasteiger partial charge in [-0.15, -0.1) is 22.9 Å². The van der Waals surface area contributed by atoms with Crippen molar-refractivity contribution in [2.75, 3.05) is 12.4 Å². The summed E-state index contributed by atoms with van der Waals surface area (Å²) in [6, 6.07) is 4.24. The van der Waals surface area contributed by atoms with E-state index in [4.69, 9.17) is 11.6 Å². The molecule has 1 rings (SSSR count). The highest BCUT2D eigenvalue weighted by Gasteiger charge is 1.91. The molecule has 0 fully saturated rings. The molecule has 1 nitrogen and oxygen atoms in total. The molecular weight excluding hydrogens is 190 g/mol. The van der Waals surface area contributed by atoms with Crippen LogP contribution in [0.1, 0.15) is 17.7 Å². The molecule has 0 aromatic carbocycles. The Balaban J connectivity index is 1.96. The summed E-state index contributed by atoms with van der Waals surface area (Å²) in [5.74, 6) is 0.778. The smallest absolute Gasteiger partial charge is 0.0299 e. The molecular formula is C9H14ClNS. The number of alkyl halides is 1. The van der Waals surface area contributed by atoms with Gasteiger partial charge in [-0.1, -0.05) is 6.07 Å². The summed E-state index contributed by atoms with van der Waals surface area (Å²) < 4.78 is 0. The van der Waals surface area contributed by atoms with E-state index in [1.165, 1.54) is 11.3 Å². The topological polar surface area (TPSA) is 12.0 Å². The minimum atomic E-state index is 0.778. The molecule has 0 atom stereocenters. The molecule has 0 saturated carbocycles. The maximum atomic E-state index is 5.55. The van der Waals surface area contributed by atoms with Crippen LogP contribution in [0.15, 0.2) is 17.5 Å². The summed E-state index contributed by atoms with van der Waals surface area (Å²) in [6.07, 6.45) is 2.29. The summed E-state index contributed by atoms with van der Waals surface area (Å²) in [5.41, 5.74) is 0. The standard InChI is InChI=1S/C9H14ClNS/c10-5-1-2-6-11-8-9-4-3-7-12-9/h3-4,7,11H,1-2,5-6,8H2. The van der Waals surface area contributed by atoms with E-state index in [2.05, 4.69) is 22.8 Å². The molecule has 0 aliphatic rings. The monoisotopic (exact) mass is 203 g/mol. The van der Waals surface area contributed by atoms with E-state index in [1.807, 2.05) is 0 Å². The molecule has 0 aliphatic carbocycles. The molecule has 1 heterocycles. The molecule has 0 spiro atoms. The van der Waals surface area contributed by atoms with Gasteiger partial charge in [-0.05, 0) is 30.8 Å². The Morgan fingerprint density at radius 3 is 3.00 bits per heavy atom. The van der Waals surface area contributed by atoms with Crippen LogP contribution in [0.5, 0.6) is 0 Å². The second-order valence-electron chi connectivity index (χ2n) is 2.65. The molecule has 0 unspecified atom stereocenters. The zero-order valence-electron chi connectivity index (χ0n) is 7.05. The van der Waals surface area contributed by atoms with E-state index >= 15 is 0 Å². The predicted octanol–water partition coefficient (Wildman–Crippen LogP) is 2.86. The number of hydrogen-bond acceptors (Lipinski definition) is 2. The SMILES string of the molecule is ClCCCCNCc1cccs1. The summed E-state index contributed by atoms with van der Waals surface area (Å²) in [6.45, 7) is 2.07. The van der Waals surface area contributed by atoms with Crippen molar-refractivity contribution < 1.29 is 0 Å². The van der Waals surface area contributed by atoms with Crippen molar-refractivity contribution in [2.45, 2.75) is 19.4 Å². The van der Waals surface area contributed by atoms with E-state index in [0.29, 0.717) is 0 Å². The van der Waals surface area contributed by atoms with Gasteiger partial charge in [0.2, 0.25) is 0 Å². The van der Waals surface area contributed by atoms with Crippen LogP contribution in [0, 0.1) is 0 Å². The Labute approximate surface area is 82.7 Å². The van der Waals surface area contributed by atoms with Crippen LogP contribution in [0.4, 0.5) is 0 Å². The lowest BCUT2D eigenvalue weighted by atomic mass is 10.3. The molecule has 68 valence electrons. The average molecular weight is 204 g/mol. The zero-order valence-corrected chi connectivity index (χ0v) is 8.63. The van der Waals surface area contributed by atoms with Gasteiger partial charge in [0.1, 0.15) is 0 Å². The Hall–Kier alpha value is -0.0500. The first-order valence-electron chi connectivity index (χ1n) is 4.22. The highest BCUT2D eigenvalue weighted by Crippen LogP contribution is 2.07. The number of nitrogens with one attached hydrogen (secondary N) is 1. The van der Waals surface area contributed by atoms with Gasteiger partial charge in [0.15, 0.2) is 0 Å². The Kier molecular flexibility index (Phi) is 5.41. The number of hydrogen-bond donors (Lipinski definition) is 1. The first kappa shape index (κ1) is 10.0. The lowest BCUT2D eigenvalue weighted by Gasteiger charge is -2.00. The number of thiophene rings is 1. The van der Waals surface area contributed by atoms with Crippen LogP contribution in [-0.4, -0.2) is 12.4 Å². The maximum Gasteiger partial charge on any atom is 0.0299 e. The van der Waals surface area contributed by atoms with Crippen molar-refractivity contribution >= 4 is 22.9 Å². The molecule has 0 saturated heterocycles. The Bertz CT molecular complexity index is 186. The van der Waals surface area contributed by atoms with Gasteiger partial charge in [-0.2, -0.15) is 0 Å². The summed E-state index contributed by atoms with van der Waals surface area (Å²) in [5, 5.41) is 5.48. The van der Waals surface area contributed by atoms with Gasteiger partial charge < -0.3 is 5.32 Å². The van der Waals surface area contributed by atoms with Crippen LogP contribution in [0.25, 0.3) is 0 Å². The van der Waals surface area contributed by atoms with Crippen molar-refractivity contribution in [3.05, 3.63) is 22.4 Å². The molecule has 1 N–H and O–H groups in total. The lowest BCUT2D eigenvalue weighted by molar-refractivity contribution is 0.647. The molecule has 0 bridgehead atoms. The minimum absolute atomic E-state index is 0.778. The highest BCUT2D eigenvalue weighted by atomic mass is 35.5. The molecule has 0 amide bonds. The quantitative estimate of drug-likeness (QED) is 0.554. The number of rotatable bonds is 6. The average Bonchev–Trinajstić information content (AvgIpc) is 2.57. The lowest BCUT2D eigenvalue weighted by Crippen LogP contribution is -2.13. The maximum absolute atomic E-state index is 5.55. The van der Waals surface area contributed by atoms with Gasteiger partial charge in [-0.25, -0.2) is 0 Å². The van der Waals surface area contributed by atoms with Crippen molar-refractivity contribution in [3.8, 4) is 0 Å². The Morgan fingerprint density at radius 1 is 1.42 bits per heavy atom. The fourth-order valence-electron chi connectivity index (χ4n) is 0.969. The predicted molar refractivity (Wildman–Crippen MR) is 56.0 cm³/mol. The van der Waals surface area contributed by atoms with Gasteiger partial charge >= 0.3 is 0 Å². The Morgan fingerprint density at radius 2 is 2.33 bits per heavy atom. The van der Waals surface area contributed by atoms with Gasteiger partial charge in [0.25, 0.3) is 0 Å². The largest absolute Gasteiger partial charge is 0.312 e. The van der Waals surface area contributed by atoms with Crippen LogP contribution in [-0.2, 0) is 6.54 Å². The first-order chi connectivity index (χ1) is 5.93. The molecule has 1 aromatic heterocycles. The van der Waals surface area contributed by atoms with Crippen LogP contribution in [0.2, 0.25) is 0 Å². The highest BCUT2D eigenvalue weighted by molar-refractivity contribution is 7.09. The van der Waals surface area contributed by atoms with E-state index in [1.54, 1.807) is 11.3 Å². The van der Waals surface area contributed by atoms with E-state index < -0.39 is 0 Å². The van der Waals surface area contributed by atoms with Crippen molar-refractivity contribution in [1.82, 2.24) is 5.32 Å². The van der Waals surface area contributed by atoms with Crippen LogP contribution in [0.3, 0.4) is 0 Å². The van der Waals surface area contributed by atoms with Crippen LogP contribution < -0.4 is 5.32 Å². The number of unbranched alkanes of at least 4 members (excludes halogenated alkanes) is 1. The summed E-state index contributed by atoms with van der Waals surface area (Å²) >= 11 is 7.35. The first-order valence-corrected chi connectivity index (χ1v) is 5.64. The molecule has 1 aromatic rings.